The Labute approximate surface area is 146 Å². The Kier molecular flexibility index (Phi) is 5.16. The van der Waals surface area contributed by atoms with Gasteiger partial charge in [-0.3, -0.25) is 9.59 Å². The van der Waals surface area contributed by atoms with E-state index in [1.807, 2.05) is 0 Å². The van der Waals surface area contributed by atoms with E-state index in [0.717, 1.165) is 12.8 Å². The fraction of sp³-hybridized carbons (Fsp3) is 0.263. The summed E-state index contributed by atoms with van der Waals surface area (Å²) < 4.78 is 0. The van der Waals surface area contributed by atoms with Crippen LogP contribution in [-0.2, 0) is 0 Å². The zero-order valence-corrected chi connectivity index (χ0v) is 14.0. The van der Waals surface area contributed by atoms with E-state index in [4.69, 9.17) is 11.6 Å². The summed E-state index contributed by atoms with van der Waals surface area (Å²) in [6.45, 7) is 0. The van der Waals surface area contributed by atoms with Crippen molar-refractivity contribution in [2.75, 3.05) is 5.32 Å². The van der Waals surface area contributed by atoms with Crippen LogP contribution >= 0.6 is 11.6 Å². The molecular weight excluding hydrogens is 324 g/mol. The molecule has 5 heteroatoms. The van der Waals surface area contributed by atoms with Crippen molar-refractivity contribution in [1.82, 2.24) is 5.32 Å². The molecule has 0 aromatic heterocycles. The topological polar surface area (TPSA) is 58.2 Å². The van der Waals surface area contributed by atoms with Crippen LogP contribution in [0.25, 0.3) is 0 Å². The first-order valence-electron chi connectivity index (χ1n) is 8.10. The Balaban J connectivity index is 1.62. The van der Waals surface area contributed by atoms with Crippen LogP contribution in [0.15, 0.2) is 48.5 Å². The van der Waals surface area contributed by atoms with Crippen molar-refractivity contribution >= 4 is 29.1 Å². The molecule has 124 valence electrons. The van der Waals surface area contributed by atoms with Gasteiger partial charge in [0.05, 0.1) is 0 Å². The number of carbonyl (C=O) groups excluding carboxylic acids is 2. The maximum Gasteiger partial charge on any atom is 0.255 e. The molecule has 0 unspecified atom stereocenters. The van der Waals surface area contributed by atoms with Gasteiger partial charge in [-0.1, -0.05) is 30.5 Å². The third-order valence-electron chi connectivity index (χ3n) is 4.18. The normalized spacial score (nSPS) is 14.4. The largest absolute Gasteiger partial charge is 0.349 e. The van der Waals surface area contributed by atoms with Crippen LogP contribution in [0.5, 0.6) is 0 Å². The SMILES string of the molecule is O=C(Nc1cccc(Cl)c1)c1ccc(C(=O)NC2CCCC2)cc1. The first-order valence-corrected chi connectivity index (χ1v) is 8.47. The van der Waals surface area contributed by atoms with Gasteiger partial charge >= 0.3 is 0 Å². The summed E-state index contributed by atoms with van der Waals surface area (Å²) in [5.74, 6) is -0.316. The van der Waals surface area contributed by atoms with Gasteiger partial charge in [0.15, 0.2) is 0 Å². The lowest BCUT2D eigenvalue weighted by Gasteiger charge is -2.12. The predicted octanol–water partition coefficient (Wildman–Crippen LogP) is 4.26. The highest BCUT2D eigenvalue weighted by Crippen LogP contribution is 2.19. The molecular formula is C19H19ClN2O2. The van der Waals surface area contributed by atoms with Crippen molar-refractivity contribution in [3.63, 3.8) is 0 Å². The molecule has 0 bridgehead atoms. The van der Waals surface area contributed by atoms with Gasteiger partial charge in [0.25, 0.3) is 11.8 Å². The Hall–Kier alpha value is -2.33. The van der Waals surface area contributed by atoms with Crippen molar-refractivity contribution in [1.29, 1.82) is 0 Å². The van der Waals surface area contributed by atoms with Gasteiger partial charge in [-0.15, -0.1) is 0 Å². The molecule has 2 aromatic carbocycles. The Morgan fingerprint density at radius 2 is 1.54 bits per heavy atom. The van der Waals surface area contributed by atoms with Crippen LogP contribution in [0.1, 0.15) is 46.4 Å². The maximum atomic E-state index is 12.2. The van der Waals surface area contributed by atoms with E-state index in [-0.39, 0.29) is 17.9 Å². The summed E-state index contributed by atoms with van der Waals surface area (Å²) in [5, 5.41) is 6.38. The molecule has 2 aromatic rings. The Bertz CT molecular complexity index is 737. The lowest BCUT2D eigenvalue weighted by Crippen LogP contribution is -2.32. The zero-order chi connectivity index (χ0) is 16.9. The van der Waals surface area contributed by atoms with Gasteiger partial charge in [-0.25, -0.2) is 0 Å². The molecule has 0 atom stereocenters. The molecule has 4 nitrogen and oxygen atoms in total. The van der Waals surface area contributed by atoms with Gasteiger partial charge in [0, 0.05) is 27.9 Å². The second-order valence-corrected chi connectivity index (χ2v) is 6.43. The molecule has 1 aliphatic rings. The molecule has 1 aliphatic carbocycles. The molecule has 0 aliphatic heterocycles. The average Bonchev–Trinajstić information content (AvgIpc) is 3.08. The molecule has 1 saturated carbocycles. The number of hydrogen-bond acceptors (Lipinski definition) is 2. The molecule has 2 N–H and O–H groups in total. The number of carbonyl (C=O) groups is 2. The number of amides is 2. The number of benzene rings is 2. The summed E-state index contributed by atoms with van der Waals surface area (Å²) >= 11 is 5.90. The molecule has 2 amide bonds. The summed E-state index contributed by atoms with van der Waals surface area (Å²) in [4.78, 5) is 24.4. The molecule has 1 fully saturated rings. The smallest absolute Gasteiger partial charge is 0.255 e. The minimum absolute atomic E-state index is 0.0799. The van der Waals surface area contributed by atoms with Crippen molar-refractivity contribution in [2.24, 2.45) is 0 Å². The molecule has 0 heterocycles. The third-order valence-corrected chi connectivity index (χ3v) is 4.42. The van der Waals surface area contributed by atoms with E-state index in [1.54, 1.807) is 48.5 Å². The van der Waals surface area contributed by atoms with Crippen molar-refractivity contribution in [2.45, 2.75) is 31.7 Å². The number of hydrogen-bond donors (Lipinski definition) is 2. The highest BCUT2D eigenvalue weighted by Gasteiger charge is 2.18. The first kappa shape index (κ1) is 16.5. The predicted molar refractivity (Wildman–Crippen MR) is 95.6 cm³/mol. The highest BCUT2D eigenvalue weighted by atomic mass is 35.5. The van der Waals surface area contributed by atoms with Crippen molar-refractivity contribution in [3.8, 4) is 0 Å². The van der Waals surface area contributed by atoms with Crippen LogP contribution in [0.4, 0.5) is 5.69 Å². The van der Waals surface area contributed by atoms with E-state index >= 15 is 0 Å². The third kappa shape index (κ3) is 4.15. The van der Waals surface area contributed by atoms with Crippen LogP contribution in [0.3, 0.4) is 0 Å². The van der Waals surface area contributed by atoms with Gasteiger partial charge in [0.1, 0.15) is 0 Å². The van der Waals surface area contributed by atoms with E-state index < -0.39 is 0 Å². The Morgan fingerprint density at radius 1 is 0.917 bits per heavy atom. The Morgan fingerprint density at radius 3 is 2.17 bits per heavy atom. The lowest BCUT2D eigenvalue weighted by molar-refractivity contribution is 0.0936. The monoisotopic (exact) mass is 342 g/mol. The van der Waals surface area contributed by atoms with Crippen LogP contribution < -0.4 is 10.6 Å². The standard InChI is InChI=1S/C19H19ClN2O2/c20-15-4-3-7-17(12-15)22-19(24)14-10-8-13(9-11-14)18(23)21-16-5-1-2-6-16/h3-4,7-12,16H,1-2,5-6H2,(H,21,23)(H,22,24). The summed E-state index contributed by atoms with van der Waals surface area (Å²) in [5.41, 5.74) is 1.70. The molecule has 0 radical (unpaired) electrons. The van der Waals surface area contributed by atoms with Crippen LogP contribution in [-0.4, -0.2) is 17.9 Å². The van der Waals surface area contributed by atoms with Crippen LogP contribution in [0.2, 0.25) is 5.02 Å². The maximum absolute atomic E-state index is 12.2. The molecule has 0 saturated heterocycles. The summed E-state index contributed by atoms with van der Waals surface area (Å²) in [6.07, 6.45) is 4.44. The molecule has 0 spiro atoms. The zero-order valence-electron chi connectivity index (χ0n) is 13.2. The lowest BCUT2D eigenvalue weighted by atomic mass is 10.1. The fourth-order valence-corrected chi connectivity index (χ4v) is 3.07. The van der Waals surface area contributed by atoms with Crippen molar-refractivity contribution in [3.05, 3.63) is 64.7 Å². The van der Waals surface area contributed by atoms with Gasteiger partial charge in [-0.05, 0) is 55.3 Å². The fourth-order valence-electron chi connectivity index (χ4n) is 2.88. The van der Waals surface area contributed by atoms with E-state index in [2.05, 4.69) is 10.6 Å². The molecule has 3 rings (SSSR count). The van der Waals surface area contributed by atoms with Gasteiger partial charge in [0.2, 0.25) is 0 Å². The second-order valence-electron chi connectivity index (χ2n) is 6.00. The van der Waals surface area contributed by atoms with Gasteiger partial charge < -0.3 is 10.6 Å². The first-order chi connectivity index (χ1) is 11.6. The number of halogens is 1. The average molecular weight is 343 g/mol. The van der Waals surface area contributed by atoms with E-state index in [1.165, 1.54) is 12.8 Å². The van der Waals surface area contributed by atoms with E-state index in [0.29, 0.717) is 21.8 Å². The second kappa shape index (κ2) is 7.49. The van der Waals surface area contributed by atoms with Crippen LogP contribution in [0, 0.1) is 0 Å². The minimum atomic E-state index is -0.236. The number of nitrogens with one attached hydrogen (secondary N) is 2. The van der Waals surface area contributed by atoms with E-state index in [9.17, 15) is 9.59 Å². The summed E-state index contributed by atoms with van der Waals surface area (Å²) in [6, 6.07) is 13.9. The minimum Gasteiger partial charge on any atom is -0.349 e. The quantitative estimate of drug-likeness (QED) is 0.872. The van der Waals surface area contributed by atoms with Gasteiger partial charge in [-0.2, -0.15) is 0 Å². The highest BCUT2D eigenvalue weighted by molar-refractivity contribution is 6.31. The molecule has 24 heavy (non-hydrogen) atoms. The van der Waals surface area contributed by atoms with Crippen molar-refractivity contribution < 1.29 is 9.59 Å². The summed E-state index contributed by atoms with van der Waals surface area (Å²) in [7, 11) is 0. The number of anilines is 1. The number of rotatable bonds is 4.